The fraction of sp³-hybridized carbons (Fsp3) is 0.0588. The first kappa shape index (κ1) is 14.2. The maximum Gasteiger partial charge on any atom is 0.236 e. The molecule has 22 heavy (non-hydrogen) atoms. The minimum absolute atomic E-state index is 0.213. The molecule has 0 amide bonds. The molecule has 0 saturated carbocycles. The molecule has 0 aliphatic heterocycles. The quantitative estimate of drug-likeness (QED) is 0.746. The molecule has 0 radical (unpaired) electrons. The lowest BCUT2D eigenvalue weighted by molar-refractivity contribution is 0.591. The summed E-state index contributed by atoms with van der Waals surface area (Å²) in [7, 11) is 0. The van der Waals surface area contributed by atoms with Crippen LogP contribution in [0.1, 0.15) is 11.3 Å². The standard InChI is InChI=1S/C17H12ClN3O/c1-11-2-8-14(9-3-11)20-17-15(10-19)21-16(22-17)12-4-6-13(18)7-5-12/h2-9,20H,1H3. The highest BCUT2D eigenvalue weighted by Gasteiger charge is 2.14. The summed E-state index contributed by atoms with van der Waals surface area (Å²) in [5, 5.41) is 12.9. The van der Waals surface area contributed by atoms with Gasteiger partial charge in [-0.1, -0.05) is 29.3 Å². The molecule has 1 N–H and O–H groups in total. The molecule has 0 fully saturated rings. The van der Waals surface area contributed by atoms with Crippen LogP contribution in [0.25, 0.3) is 11.5 Å². The van der Waals surface area contributed by atoms with E-state index < -0.39 is 0 Å². The van der Waals surface area contributed by atoms with Crippen LogP contribution in [0, 0.1) is 18.3 Å². The molecular formula is C17H12ClN3O. The Hall–Kier alpha value is -2.77. The Bertz CT molecular complexity index is 830. The Morgan fingerprint density at radius 2 is 1.77 bits per heavy atom. The predicted molar refractivity (Wildman–Crippen MR) is 86.1 cm³/mol. The Labute approximate surface area is 133 Å². The number of benzene rings is 2. The van der Waals surface area contributed by atoms with Gasteiger partial charge >= 0.3 is 0 Å². The largest absolute Gasteiger partial charge is 0.419 e. The smallest absolute Gasteiger partial charge is 0.236 e. The minimum Gasteiger partial charge on any atom is -0.419 e. The zero-order valence-electron chi connectivity index (χ0n) is 11.8. The molecule has 2 aromatic carbocycles. The van der Waals surface area contributed by atoms with Crippen LogP contribution in [0.2, 0.25) is 5.02 Å². The van der Waals surface area contributed by atoms with Crippen LogP contribution in [0.15, 0.2) is 52.9 Å². The van der Waals surface area contributed by atoms with Crippen molar-refractivity contribution < 1.29 is 4.42 Å². The number of halogens is 1. The lowest BCUT2D eigenvalue weighted by Gasteiger charge is -2.03. The molecule has 1 aromatic heterocycles. The van der Waals surface area contributed by atoms with Crippen LogP contribution in [-0.4, -0.2) is 4.98 Å². The first-order valence-corrected chi connectivity index (χ1v) is 7.04. The highest BCUT2D eigenvalue weighted by Crippen LogP contribution is 2.28. The van der Waals surface area contributed by atoms with E-state index in [0.29, 0.717) is 16.8 Å². The molecule has 4 nitrogen and oxygen atoms in total. The van der Waals surface area contributed by atoms with E-state index in [4.69, 9.17) is 16.0 Å². The third-order valence-corrected chi connectivity index (χ3v) is 3.39. The number of rotatable bonds is 3. The van der Waals surface area contributed by atoms with Crippen LogP contribution < -0.4 is 5.32 Å². The molecule has 3 rings (SSSR count). The highest BCUT2D eigenvalue weighted by atomic mass is 35.5. The molecule has 0 atom stereocenters. The third kappa shape index (κ3) is 2.95. The lowest BCUT2D eigenvalue weighted by atomic mass is 10.2. The molecule has 5 heteroatoms. The van der Waals surface area contributed by atoms with E-state index in [9.17, 15) is 5.26 Å². The average Bonchev–Trinajstić information content (AvgIpc) is 2.93. The second-order valence-corrected chi connectivity index (χ2v) is 5.24. The van der Waals surface area contributed by atoms with Crippen molar-refractivity contribution >= 4 is 23.2 Å². The number of aryl methyl sites for hydroxylation is 1. The van der Waals surface area contributed by atoms with Crippen molar-refractivity contribution in [1.29, 1.82) is 5.26 Å². The molecule has 0 bridgehead atoms. The van der Waals surface area contributed by atoms with Gasteiger partial charge in [0, 0.05) is 16.3 Å². The summed E-state index contributed by atoms with van der Waals surface area (Å²) < 4.78 is 5.68. The summed E-state index contributed by atoms with van der Waals surface area (Å²) in [6.45, 7) is 2.01. The number of nitriles is 1. The first-order valence-electron chi connectivity index (χ1n) is 6.66. The Morgan fingerprint density at radius 1 is 1.09 bits per heavy atom. The minimum atomic E-state index is 0.213. The molecule has 0 aliphatic carbocycles. The van der Waals surface area contributed by atoms with Crippen molar-refractivity contribution in [1.82, 2.24) is 4.98 Å². The molecule has 0 unspecified atom stereocenters. The second-order valence-electron chi connectivity index (χ2n) is 4.81. The number of oxazole rings is 1. The summed E-state index contributed by atoms with van der Waals surface area (Å²) in [4.78, 5) is 4.21. The van der Waals surface area contributed by atoms with Gasteiger partial charge in [-0.15, -0.1) is 0 Å². The number of hydrogen-bond acceptors (Lipinski definition) is 4. The number of hydrogen-bond donors (Lipinski definition) is 1. The van der Waals surface area contributed by atoms with Gasteiger partial charge in [0.1, 0.15) is 6.07 Å². The van der Waals surface area contributed by atoms with Crippen LogP contribution in [-0.2, 0) is 0 Å². The average molecular weight is 310 g/mol. The molecule has 3 aromatic rings. The lowest BCUT2D eigenvalue weighted by Crippen LogP contribution is -1.90. The van der Waals surface area contributed by atoms with Crippen molar-refractivity contribution in [3.05, 3.63) is 64.8 Å². The van der Waals surface area contributed by atoms with E-state index in [1.807, 2.05) is 37.3 Å². The zero-order chi connectivity index (χ0) is 15.5. The molecule has 108 valence electrons. The fourth-order valence-corrected chi connectivity index (χ4v) is 2.09. The Balaban J connectivity index is 1.93. The molecule has 0 aliphatic rings. The van der Waals surface area contributed by atoms with Crippen LogP contribution >= 0.6 is 11.6 Å². The molecule has 0 saturated heterocycles. The third-order valence-electron chi connectivity index (χ3n) is 3.13. The SMILES string of the molecule is Cc1ccc(Nc2oc(-c3ccc(Cl)cc3)nc2C#N)cc1. The van der Waals surface area contributed by atoms with E-state index in [1.165, 1.54) is 0 Å². The maximum absolute atomic E-state index is 9.21. The van der Waals surface area contributed by atoms with Crippen molar-refractivity contribution in [2.75, 3.05) is 5.32 Å². The van der Waals surface area contributed by atoms with Gasteiger partial charge in [-0.25, -0.2) is 0 Å². The van der Waals surface area contributed by atoms with Gasteiger partial charge in [0.2, 0.25) is 17.5 Å². The summed E-state index contributed by atoms with van der Waals surface area (Å²) in [5.41, 5.74) is 2.97. The zero-order valence-corrected chi connectivity index (χ0v) is 12.6. The van der Waals surface area contributed by atoms with Crippen molar-refractivity contribution in [3.63, 3.8) is 0 Å². The number of aromatic nitrogens is 1. The highest BCUT2D eigenvalue weighted by molar-refractivity contribution is 6.30. The van der Waals surface area contributed by atoms with E-state index in [2.05, 4.69) is 10.3 Å². The molecule has 0 spiro atoms. The van der Waals surface area contributed by atoms with Crippen LogP contribution in [0.5, 0.6) is 0 Å². The second kappa shape index (κ2) is 5.92. The van der Waals surface area contributed by atoms with E-state index in [-0.39, 0.29) is 5.69 Å². The van der Waals surface area contributed by atoms with E-state index in [0.717, 1.165) is 16.8 Å². The summed E-state index contributed by atoms with van der Waals surface area (Å²) >= 11 is 5.87. The Morgan fingerprint density at radius 3 is 2.41 bits per heavy atom. The predicted octanol–water partition coefficient (Wildman–Crippen LogP) is 4.92. The number of anilines is 2. The normalized spacial score (nSPS) is 10.2. The Kier molecular flexibility index (Phi) is 3.82. The monoisotopic (exact) mass is 309 g/mol. The summed E-state index contributed by atoms with van der Waals surface area (Å²) in [6, 6.07) is 16.9. The molecular weight excluding hydrogens is 298 g/mol. The van der Waals surface area contributed by atoms with Crippen molar-refractivity contribution in [3.8, 4) is 17.5 Å². The van der Waals surface area contributed by atoms with Crippen LogP contribution in [0.3, 0.4) is 0 Å². The van der Waals surface area contributed by atoms with Gasteiger partial charge in [0.25, 0.3) is 0 Å². The summed E-state index contributed by atoms with van der Waals surface area (Å²) in [6.07, 6.45) is 0. The fourth-order valence-electron chi connectivity index (χ4n) is 1.96. The summed E-state index contributed by atoms with van der Waals surface area (Å²) in [5.74, 6) is 0.708. The number of nitrogens with zero attached hydrogens (tertiary/aromatic N) is 2. The van der Waals surface area contributed by atoms with E-state index in [1.54, 1.807) is 24.3 Å². The topological polar surface area (TPSA) is 61.9 Å². The van der Waals surface area contributed by atoms with Gasteiger partial charge in [-0.2, -0.15) is 10.2 Å². The van der Waals surface area contributed by atoms with Crippen molar-refractivity contribution in [2.45, 2.75) is 6.92 Å². The maximum atomic E-state index is 9.21. The van der Waals surface area contributed by atoms with Gasteiger partial charge in [0.05, 0.1) is 0 Å². The number of nitrogens with one attached hydrogen (secondary N) is 1. The van der Waals surface area contributed by atoms with Crippen LogP contribution in [0.4, 0.5) is 11.6 Å². The first-order chi connectivity index (χ1) is 10.7. The van der Waals surface area contributed by atoms with Gasteiger partial charge in [-0.05, 0) is 43.3 Å². The molecule has 1 heterocycles. The van der Waals surface area contributed by atoms with Gasteiger partial charge in [0.15, 0.2) is 0 Å². The van der Waals surface area contributed by atoms with Gasteiger partial charge in [-0.3, -0.25) is 0 Å². The van der Waals surface area contributed by atoms with Gasteiger partial charge < -0.3 is 9.73 Å². The van der Waals surface area contributed by atoms with E-state index >= 15 is 0 Å². The van der Waals surface area contributed by atoms with Crippen molar-refractivity contribution in [2.24, 2.45) is 0 Å².